The van der Waals surface area contributed by atoms with E-state index in [-0.39, 0.29) is 12.8 Å². The lowest BCUT2D eigenvalue weighted by Crippen LogP contribution is -2.39. The quantitative estimate of drug-likeness (QED) is 0.392. The first-order valence-corrected chi connectivity index (χ1v) is 5.77. The van der Waals surface area contributed by atoms with Gasteiger partial charge in [0.25, 0.3) is 5.78 Å². The molecule has 0 saturated heterocycles. The largest absolute Gasteiger partial charge is 0.396 e. The minimum Gasteiger partial charge on any atom is -0.396 e. The van der Waals surface area contributed by atoms with Gasteiger partial charge in [0, 0.05) is 18.9 Å². The van der Waals surface area contributed by atoms with Crippen molar-refractivity contribution in [2.75, 3.05) is 6.61 Å². The molecule has 0 radical (unpaired) electrons. The van der Waals surface area contributed by atoms with Crippen molar-refractivity contribution in [3.05, 3.63) is 12.2 Å². The second-order valence-corrected chi connectivity index (χ2v) is 4.66. The van der Waals surface area contributed by atoms with Gasteiger partial charge >= 0.3 is 0 Å². The Morgan fingerprint density at radius 3 is 2.58 bits per heavy atom. The van der Waals surface area contributed by atoms with Crippen LogP contribution in [0.2, 0.25) is 0 Å². The lowest BCUT2D eigenvalue weighted by Gasteiger charge is -2.25. The number of ketones is 4. The van der Waals surface area contributed by atoms with E-state index in [1.807, 2.05) is 0 Å². The first-order chi connectivity index (χ1) is 8.85. The average molecular weight is 266 g/mol. The molecule has 1 aliphatic rings. The second kappa shape index (κ2) is 5.79. The minimum atomic E-state index is -1.45. The van der Waals surface area contributed by atoms with E-state index in [4.69, 9.17) is 5.11 Å². The number of hydrogen-bond acceptors (Lipinski definition) is 6. The Labute approximate surface area is 109 Å². The lowest BCUT2D eigenvalue weighted by atomic mass is 9.74. The summed E-state index contributed by atoms with van der Waals surface area (Å²) in [7, 11) is 0. The van der Waals surface area contributed by atoms with Crippen LogP contribution in [0.25, 0.3) is 0 Å². The number of rotatable bonds is 6. The SMILES string of the molecule is CC(C=O)(CC1C=CC(=O)C(=O)C1=O)C(=O)CCO. The van der Waals surface area contributed by atoms with Crippen molar-refractivity contribution in [3.8, 4) is 0 Å². The van der Waals surface area contributed by atoms with Crippen molar-refractivity contribution in [3.63, 3.8) is 0 Å². The van der Waals surface area contributed by atoms with Crippen molar-refractivity contribution < 1.29 is 29.1 Å². The summed E-state index contributed by atoms with van der Waals surface area (Å²) in [6.07, 6.45) is 2.25. The normalized spacial score (nSPS) is 22.2. The zero-order valence-electron chi connectivity index (χ0n) is 10.4. The molecular formula is C13H14O6. The summed E-state index contributed by atoms with van der Waals surface area (Å²) in [5, 5.41) is 8.71. The highest BCUT2D eigenvalue weighted by Gasteiger charge is 2.40. The zero-order valence-corrected chi connectivity index (χ0v) is 10.4. The fourth-order valence-corrected chi connectivity index (χ4v) is 1.89. The van der Waals surface area contributed by atoms with Gasteiger partial charge in [0.15, 0.2) is 0 Å². The topological polar surface area (TPSA) is 106 Å². The van der Waals surface area contributed by atoms with Gasteiger partial charge in [0.1, 0.15) is 12.1 Å². The Morgan fingerprint density at radius 1 is 1.42 bits per heavy atom. The van der Waals surface area contributed by atoms with Crippen LogP contribution in [0, 0.1) is 11.3 Å². The van der Waals surface area contributed by atoms with E-state index in [0.29, 0.717) is 6.29 Å². The number of allylic oxidation sites excluding steroid dienone is 2. The van der Waals surface area contributed by atoms with Crippen LogP contribution >= 0.6 is 0 Å². The Morgan fingerprint density at radius 2 is 2.05 bits per heavy atom. The molecule has 19 heavy (non-hydrogen) atoms. The van der Waals surface area contributed by atoms with Gasteiger partial charge in [-0.1, -0.05) is 6.08 Å². The molecule has 0 heterocycles. The van der Waals surface area contributed by atoms with Gasteiger partial charge in [-0.15, -0.1) is 0 Å². The fraction of sp³-hybridized carbons (Fsp3) is 0.462. The summed E-state index contributed by atoms with van der Waals surface area (Å²) in [5.74, 6) is -4.39. The first kappa shape index (κ1) is 15.1. The molecule has 2 atom stereocenters. The van der Waals surface area contributed by atoms with Crippen LogP contribution in [0.3, 0.4) is 0 Å². The molecular weight excluding hydrogens is 252 g/mol. The smallest absolute Gasteiger partial charge is 0.268 e. The molecule has 0 bridgehead atoms. The summed E-state index contributed by atoms with van der Waals surface area (Å²) in [4.78, 5) is 56.7. The van der Waals surface area contributed by atoms with E-state index >= 15 is 0 Å². The third kappa shape index (κ3) is 3.08. The van der Waals surface area contributed by atoms with Gasteiger partial charge in [-0.2, -0.15) is 0 Å². The number of carbonyl (C=O) groups is 5. The average Bonchev–Trinajstić information content (AvgIpc) is 2.39. The third-order valence-corrected chi connectivity index (χ3v) is 3.14. The van der Waals surface area contributed by atoms with E-state index in [2.05, 4.69) is 0 Å². The van der Waals surface area contributed by atoms with Crippen molar-refractivity contribution in [1.29, 1.82) is 0 Å². The molecule has 1 N–H and O–H groups in total. The summed E-state index contributed by atoms with van der Waals surface area (Å²) >= 11 is 0. The molecule has 1 aliphatic carbocycles. The van der Waals surface area contributed by atoms with E-state index in [1.54, 1.807) is 0 Å². The molecule has 102 valence electrons. The van der Waals surface area contributed by atoms with Gasteiger partial charge in [0.2, 0.25) is 11.6 Å². The van der Waals surface area contributed by atoms with Gasteiger partial charge < -0.3 is 9.90 Å². The van der Waals surface area contributed by atoms with Crippen LogP contribution in [0.1, 0.15) is 19.8 Å². The van der Waals surface area contributed by atoms with Crippen molar-refractivity contribution in [2.45, 2.75) is 19.8 Å². The van der Waals surface area contributed by atoms with E-state index in [9.17, 15) is 24.0 Å². The summed E-state index contributed by atoms with van der Waals surface area (Å²) in [6, 6.07) is 0. The van der Waals surface area contributed by atoms with Gasteiger partial charge in [-0.25, -0.2) is 0 Å². The number of Topliss-reactive ketones (excluding diaryl/α,β-unsaturated/α-hetero) is 3. The molecule has 1 rings (SSSR count). The number of hydrogen-bond donors (Lipinski definition) is 1. The lowest BCUT2D eigenvalue weighted by molar-refractivity contribution is -0.145. The minimum absolute atomic E-state index is 0.177. The predicted octanol–water partition coefficient (Wildman–Crippen LogP) is -0.574. The van der Waals surface area contributed by atoms with E-state index in [0.717, 1.165) is 6.08 Å². The van der Waals surface area contributed by atoms with Crippen LogP contribution in [0.15, 0.2) is 12.2 Å². The number of carbonyl (C=O) groups excluding carboxylic acids is 5. The van der Waals surface area contributed by atoms with Crippen molar-refractivity contribution in [1.82, 2.24) is 0 Å². The van der Waals surface area contributed by atoms with Crippen LogP contribution in [-0.4, -0.2) is 41.1 Å². The van der Waals surface area contributed by atoms with Crippen molar-refractivity contribution >= 4 is 29.4 Å². The monoisotopic (exact) mass is 266 g/mol. The Hall–Kier alpha value is -1.95. The first-order valence-electron chi connectivity index (χ1n) is 5.77. The fourth-order valence-electron chi connectivity index (χ4n) is 1.89. The van der Waals surface area contributed by atoms with Crippen LogP contribution in [0.5, 0.6) is 0 Å². The molecule has 0 saturated carbocycles. The number of aliphatic hydroxyl groups is 1. The second-order valence-electron chi connectivity index (χ2n) is 4.66. The molecule has 0 amide bonds. The van der Waals surface area contributed by atoms with Gasteiger partial charge in [0.05, 0.1) is 5.41 Å². The number of aldehydes is 1. The molecule has 6 nitrogen and oxygen atoms in total. The maximum atomic E-state index is 11.7. The van der Waals surface area contributed by atoms with Gasteiger partial charge in [-0.05, 0) is 19.4 Å². The highest BCUT2D eigenvalue weighted by Crippen LogP contribution is 2.29. The van der Waals surface area contributed by atoms with Crippen LogP contribution < -0.4 is 0 Å². The Kier molecular flexibility index (Phi) is 4.61. The molecule has 0 aromatic carbocycles. The molecule has 6 heteroatoms. The zero-order chi connectivity index (χ0) is 14.6. The molecule has 0 aromatic heterocycles. The van der Waals surface area contributed by atoms with Crippen LogP contribution in [-0.2, 0) is 24.0 Å². The molecule has 0 spiro atoms. The highest BCUT2D eigenvalue weighted by atomic mass is 16.3. The van der Waals surface area contributed by atoms with Gasteiger partial charge in [-0.3, -0.25) is 19.2 Å². The Balaban J connectivity index is 2.93. The number of aliphatic hydroxyl groups excluding tert-OH is 1. The predicted molar refractivity (Wildman–Crippen MR) is 63.1 cm³/mol. The Bertz CT molecular complexity index is 476. The van der Waals surface area contributed by atoms with Crippen LogP contribution in [0.4, 0.5) is 0 Å². The summed E-state index contributed by atoms with van der Waals surface area (Å²) < 4.78 is 0. The summed E-state index contributed by atoms with van der Waals surface area (Å²) in [6.45, 7) is 0.953. The maximum absolute atomic E-state index is 11.7. The summed E-state index contributed by atoms with van der Waals surface area (Å²) in [5.41, 5.74) is -1.45. The molecule has 0 aliphatic heterocycles. The van der Waals surface area contributed by atoms with Crippen molar-refractivity contribution in [2.24, 2.45) is 11.3 Å². The maximum Gasteiger partial charge on any atom is 0.268 e. The molecule has 0 fully saturated rings. The highest BCUT2D eigenvalue weighted by molar-refractivity contribution is 6.67. The third-order valence-electron chi connectivity index (χ3n) is 3.14. The van der Waals surface area contributed by atoms with E-state index < -0.39 is 41.1 Å². The molecule has 2 unspecified atom stereocenters. The van der Waals surface area contributed by atoms with E-state index in [1.165, 1.54) is 13.0 Å². The standard InChI is InChI=1S/C13H14O6/c1-13(7-15,10(17)4-5-14)6-8-2-3-9(16)12(19)11(8)18/h2-3,7-8,14H,4-6H2,1H3. The molecule has 0 aromatic rings.